The van der Waals surface area contributed by atoms with Crippen LogP contribution in [-0.4, -0.2) is 35.6 Å². The molecule has 0 bridgehead atoms. The van der Waals surface area contributed by atoms with E-state index in [2.05, 4.69) is 10.6 Å². The zero-order valence-electron chi connectivity index (χ0n) is 16.5. The summed E-state index contributed by atoms with van der Waals surface area (Å²) in [4.78, 5) is 25.1. The van der Waals surface area contributed by atoms with Crippen LogP contribution >= 0.6 is 0 Å². The van der Waals surface area contributed by atoms with Crippen molar-refractivity contribution >= 4 is 11.8 Å². The normalized spacial score (nSPS) is 21.4. The van der Waals surface area contributed by atoms with Gasteiger partial charge in [0.1, 0.15) is 5.82 Å². The van der Waals surface area contributed by atoms with Crippen LogP contribution in [-0.2, 0) is 11.2 Å². The third-order valence-electron chi connectivity index (χ3n) is 5.49. The summed E-state index contributed by atoms with van der Waals surface area (Å²) in [7, 11) is 0. The van der Waals surface area contributed by atoms with Gasteiger partial charge in [-0.25, -0.2) is 4.39 Å². The molecule has 0 heterocycles. The van der Waals surface area contributed by atoms with Crippen LogP contribution in [0.1, 0.15) is 40.7 Å². The van der Waals surface area contributed by atoms with Gasteiger partial charge in [-0.05, 0) is 61.9 Å². The number of rotatable bonds is 6. The van der Waals surface area contributed by atoms with Crippen LogP contribution in [0.25, 0.3) is 0 Å². The van der Waals surface area contributed by atoms with Crippen molar-refractivity contribution in [2.75, 3.05) is 6.54 Å². The van der Waals surface area contributed by atoms with Crippen LogP contribution in [0, 0.1) is 18.7 Å². The zero-order valence-corrected chi connectivity index (χ0v) is 16.5. The molecule has 0 aliphatic heterocycles. The van der Waals surface area contributed by atoms with Crippen molar-refractivity contribution in [3.8, 4) is 0 Å². The first-order valence-corrected chi connectivity index (χ1v) is 10.0. The minimum absolute atomic E-state index is 0.0940. The highest BCUT2D eigenvalue weighted by atomic mass is 19.1. The maximum atomic E-state index is 13.2. The van der Waals surface area contributed by atoms with Crippen molar-refractivity contribution in [1.82, 2.24) is 10.6 Å². The highest BCUT2D eigenvalue weighted by Gasteiger charge is 2.34. The van der Waals surface area contributed by atoms with E-state index in [9.17, 15) is 19.1 Å². The topological polar surface area (TPSA) is 78.4 Å². The quantitative estimate of drug-likeness (QED) is 0.700. The molecule has 6 heteroatoms. The maximum Gasteiger partial charge on any atom is 0.251 e. The van der Waals surface area contributed by atoms with E-state index in [1.807, 2.05) is 25.1 Å². The molecule has 3 atom stereocenters. The Hall–Kier alpha value is -2.73. The van der Waals surface area contributed by atoms with Gasteiger partial charge in [0, 0.05) is 18.0 Å². The summed E-state index contributed by atoms with van der Waals surface area (Å²) in [5.74, 6) is -0.891. The maximum absolute atomic E-state index is 13.2. The van der Waals surface area contributed by atoms with E-state index < -0.39 is 12.1 Å². The van der Waals surface area contributed by atoms with Gasteiger partial charge < -0.3 is 15.7 Å². The van der Waals surface area contributed by atoms with Crippen LogP contribution in [0.2, 0.25) is 0 Å². The lowest BCUT2D eigenvalue weighted by Crippen LogP contribution is -2.49. The van der Waals surface area contributed by atoms with Crippen LogP contribution in [0.4, 0.5) is 4.39 Å². The molecule has 3 N–H and O–H groups in total. The summed E-state index contributed by atoms with van der Waals surface area (Å²) in [5.41, 5.74) is 2.26. The number of aryl methyl sites for hydroxylation is 1. The number of aliphatic hydroxyl groups excluding tert-OH is 1. The number of aliphatic hydroxyl groups is 1. The number of amides is 2. The van der Waals surface area contributed by atoms with E-state index in [0.717, 1.165) is 11.1 Å². The average molecular weight is 398 g/mol. The molecule has 5 nitrogen and oxygen atoms in total. The van der Waals surface area contributed by atoms with E-state index >= 15 is 0 Å². The molecule has 1 aliphatic rings. The highest BCUT2D eigenvalue weighted by molar-refractivity contribution is 5.95. The summed E-state index contributed by atoms with van der Waals surface area (Å²) >= 11 is 0. The standard InChI is InChI=1S/C23H27FN2O3/c1-15-5-2-3-8-19(15)23(29)26-20-14-17(9-10-21(20)27)22(28)25-12-11-16-6-4-7-18(24)13-16/h2-8,13,17,20-21,27H,9-12,14H2,1H3,(H,25,28)(H,26,29)/t17-,20+,21+/m0/s1. The first-order chi connectivity index (χ1) is 13.9. The largest absolute Gasteiger partial charge is 0.391 e. The van der Waals surface area contributed by atoms with Crippen molar-refractivity contribution in [2.24, 2.45) is 5.92 Å². The molecule has 1 saturated carbocycles. The molecule has 2 amide bonds. The summed E-state index contributed by atoms with van der Waals surface area (Å²) in [5, 5.41) is 16.1. The second-order valence-electron chi connectivity index (χ2n) is 7.64. The van der Waals surface area contributed by atoms with E-state index in [-0.39, 0.29) is 23.5 Å². The van der Waals surface area contributed by atoms with Gasteiger partial charge in [-0.1, -0.05) is 30.3 Å². The van der Waals surface area contributed by atoms with Gasteiger partial charge in [0.05, 0.1) is 12.1 Å². The minimum atomic E-state index is -0.667. The number of hydrogen-bond acceptors (Lipinski definition) is 3. The van der Waals surface area contributed by atoms with Crippen molar-refractivity contribution in [3.63, 3.8) is 0 Å². The number of nitrogens with one attached hydrogen (secondary N) is 2. The van der Waals surface area contributed by atoms with Crippen molar-refractivity contribution < 1.29 is 19.1 Å². The lowest BCUT2D eigenvalue weighted by molar-refractivity contribution is -0.127. The molecular weight excluding hydrogens is 371 g/mol. The van der Waals surface area contributed by atoms with Crippen molar-refractivity contribution in [1.29, 1.82) is 0 Å². The van der Waals surface area contributed by atoms with Crippen molar-refractivity contribution in [2.45, 2.75) is 44.8 Å². The second-order valence-corrected chi connectivity index (χ2v) is 7.64. The number of halogens is 1. The third kappa shape index (κ3) is 5.64. The van der Waals surface area contributed by atoms with E-state index in [1.165, 1.54) is 12.1 Å². The Morgan fingerprint density at radius 3 is 2.69 bits per heavy atom. The Bertz CT molecular complexity index is 871. The van der Waals surface area contributed by atoms with Crippen molar-refractivity contribution in [3.05, 3.63) is 71.0 Å². The Morgan fingerprint density at radius 1 is 1.14 bits per heavy atom. The molecule has 0 spiro atoms. The fourth-order valence-electron chi connectivity index (χ4n) is 3.79. The predicted octanol–water partition coefficient (Wildman–Crippen LogP) is 2.75. The van der Waals surface area contributed by atoms with E-state index in [0.29, 0.717) is 37.8 Å². The summed E-state index contributed by atoms with van der Waals surface area (Å²) in [6.07, 6.45) is 1.31. The molecule has 3 rings (SSSR count). The Kier molecular flexibility index (Phi) is 6.99. The zero-order chi connectivity index (χ0) is 20.8. The van der Waals surface area contributed by atoms with Crippen LogP contribution in [0.3, 0.4) is 0 Å². The molecule has 0 radical (unpaired) electrons. The smallest absolute Gasteiger partial charge is 0.251 e. The molecule has 0 saturated heterocycles. The summed E-state index contributed by atoms with van der Waals surface area (Å²) < 4.78 is 13.2. The number of hydrogen-bond donors (Lipinski definition) is 3. The monoisotopic (exact) mass is 398 g/mol. The number of carbonyl (C=O) groups excluding carboxylic acids is 2. The lowest BCUT2D eigenvalue weighted by atomic mass is 9.83. The molecule has 29 heavy (non-hydrogen) atoms. The lowest BCUT2D eigenvalue weighted by Gasteiger charge is -2.33. The number of carbonyl (C=O) groups is 2. The minimum Gasteiger partial charge on any atom is -0.391 e. The van der Waals surface area contributed by atoms with E-state index in [4.69, 9.17) is 0 Å². The summed E-state index contributed by atoms with van der Waals surface area (Å²) in [6, 6.07) is 13.1. The fourth-order valence-corrected chi connectivity index (χ4v) is 3.79. The molecule has 0 aromatic heterocycles. The Labute approximate surface area is 170 Å². The summed E-state index contributed by atoms with van der Waals surface area (Å²) in [6.45, 7) is 2.28. The molecule has 154 valence electrons. The second kappa shape index (κ2) is 9.65. The van der Waals surface area contributed by atoms with Gasteiger partial charge in [-0.3, -0.25) is 9.59 Å². The van der Waals surface area contributed by atoms with E-state index in [1.54, 1.807) is 18.2 Å². The Morgan fingerprint density at radius 2 is 1.93 bits per heavy atom. The molecule has 0 unspecified atom stereocenters. The fraction of sp³-hybridized carbons (Fsp3) is 0.391. The predicted molar refractivity (Wildman–Crippen MR) is 109 cm³/mol. The first-order valence-electron chi connectivity index (χ1n) is 10.0. The van der Waals surface area contributed by atoms with Gasteiger partial charge >= 0.3 is 0 Å². The number of benzene rings is 2. The third-order valence-corrected chi connectivity index (χ3v) is 5.49. The van der Waals surface area contributed by atoms with Crippen LogP contribution in [0.5, 0.6) is 0 Å². The molecule has 2 aromatic rings. The van der Waals surface area contributed by atoms with Gasteiger partial charge in [0.15, 0.2) is 0 Å². The van der Waals surface area contributed by atoms with Gasteiger partial charge in [0.2, 0.25) is 5.91 Å². The molecule has 1 fully saturated rings. The molecule has 1 aliphatic carbocycles. The average Bonchev–Trinajstić information content (AvgIpc) is 2.70. The first kappa shape index (κ1) is 21.0. The SMILES string of the molecule is Cc1ccccc1C(=O)N[C@@H]1C[C@@H](C(=O)NCCc2cccc(F)c2)CC[C@H]1O. The van der Waals surface area contributed by atoms with Gasteiger partial charge in [-0.2, -0.15) is 0 Å². The Balaban J connectivity index is 1.52. The van der Waals surface area contributed by atoms with Gasteiger partial charge in [0.25, 0.3) is 5.91 Å². The van der Waals surface area contributed by atoms with Crippen LogP contribution < -0.4 is 10.6 Å². The van der Waals surface area contributed by atoms with Crippen LogP contribution in [0.15, 0.2) is 48.5 Å². The van der Waals surface area contributed by atoms with Gasteiger partial charge in [-0.15, -0.1) is 0 Å². The highest BCUT2D eigenvalue weighted by Crippen LogP contribution is 2.25. The molecular formula is C23H27FN2O3. The molecule has 2 aromatic carbocycles.